The highest BCUT2D eigenvalue weighted by Gasteiger charge is 2.09. The smallest absolute Gasteiger partial charge is 0.331 e. The minimum absolute atomic E-state index is 0.179. The van der Waals surface area contributed by atoms with Gasteiger partial charge in [0.15, 0.2) is 6.61 Å². The Kier molecular flexibility index (Phi) is 7.22. The average molecular weight is 403 g/mol. The van der Waals surface area contributed by atoms with E-state index in [1.807, 2.05) is 73.7 Å². The summed E-state index contributed by atoms with van der Waals surface area (Å²) in [6, 6.07) is 21.6. The Bertz CT molecular complexity index is 1040. The van der Waals surface area contributed by atoms with E-state index in [1.165, 1.54) is 6.08 Å². The SMILES string of the molecule is COc1ccc2cc(/C=C/C(=O)OCC(=O)NC[C@@H](C)c3ccccc3)ccc2c1. The van der Waals surface area contributed by atoms with Crippen LogP contribution in [0.15, 0.2) is 72.8 Å². The molecule has 0 saturated carbocycles. The summed E-state index contributed by atoms with van der Waals surface area (Å²) < 4.78 is 10.2. The van der Waals surface area contributed by atoms with E-state index < -0.39 is 5.97 Å². The molecule has 0 unspecified atom stereocenters. The van der Waals surface area contributed by atoms with Gasteiger partial charge in [0.25, 0.3) is 5.91 Å². The number of nitrogens with one attached hydrogen (secondary N) is 1. The molecule has 5 nitrogen and oxygen atoms in total. The van der Waals surface area contributed by atoms with Crippen molar-refractivity contribution in [3.8, 4) is 5.75 Å². The summed E-state index contributed by atoms with van der Waals surface area (Å²) in [5.41, 5.74) is 2.01. The van der Waals surface area contributed by atoms with Crippen LogP contribution in [0.25, 0.3) is 16.8 Å². The van der Waals surface area contributed by atoms with Crippen molar-refractivity contribution in [3.63, 3.8) is 0 Å². The summed E-state index contributed by atoms with van der Waals surface area (Å²) in [6.07, 6.45) is 2.99. The van der Waals surface area contributed by atoms with E-state index in [-0.39, 0.29) is 18.4 Å². The zero-order valence-electron chi connectivity index (χ0n) is 17.1. The Hall–Kier alpha value is -3.60. The van der Waals surface area contributed by atoms with Crippen molar-refractivity contribution in [2.24, 2.45) is 0 Å². The van der Waals surface area contributed by atoms with E-state index >= 15 is 0 Å². The van der Waals surface area contributed by atoms with Crippen molar-refractivity contribution in [1.82, 2.24) is 5.32 Å². The monoisotopic (exact) mass is 403 g/mol. The van der Waals surface area contributed by atoms with Crippen LogP contribution in [0.1, 0.15) is 24.0 Å². The van der Waals surface area contributed by atoms with Gasteiger partial charge in [-0.15, -0.1) is 0 Å². The summed E-state index contributed by atoms with van der Waals surface area (Å²) in [5.74, 6) is 0.0969. The summed E-state index contributed by atoms with van der Waals surface area (Å²) in [6.45, 7) is 2.21. The standard InChI is InChI=1S/C25H25NO4/c1-18(20-6-4-3-5-7-20)16-26-24(27)17-30-25(28)13-9-19-8-10-22-15-23(29-2)12-11-21(22)14-19/h3-15,18H,16-17H2,1-2H3,(H,26,27)/b13-9+/t18-/m1/s1. The number of hydrogen-bond donors (Lipinski definition) is 1. The third-order valence-corrected chi connectivity index (χ3v) is 4.80. The van der Waals surface area contributed by atoms with Gasteiger partial charge in [-0.2, -0.15) is 0 Å². The Morgan fingerprint density at radius 3 is 2.50 bits per heavy atom. The van der Waals surface area contributed by atoms with Gasteiger partial charge in [-0.3, -0.25) is 4.79 Å². The van der Waals surface area contributed by atoms with E-state index in [1.54, 1.807) is 13.2 Å². The van der Waals surface area contributed by atoms with Crippen molar-refractivity contribution in [2.45, 2.75) is 12.8 Å². The molecule has 0 radical (unpaired) electrons. The van der Waals surface area contributed by atoms with E-state index in [4.69, 9.17) is 9.47 Å². The van der Waals surface area contributed by atoms with Crippen LogP contribution in [0.5, 0.6) is 5.75 Å². The lowest BCUT2D eigenvalue weighted by atomic mass is 10.0. The molecule has 3 rings (SSSR count). The molecule has 0 spiro atoms. The first-order valence-corrected chi connectivity index (χ1v) is 9.79. The molecule has 5 heteroatoms. The number of methoxy groups -OCH3 is 1. The molecule has 0 aliphatic rings. The molecule has 0 aliphatic carbocycles. The molecule has 3 aromatic rings. The molecular weight excluding hydrogens is 378 g/mol. The molecule has 0 saturated heterocycles. The van der Waals surface area contributed by atoms with Crippen LogP contribution < -0.4 is 10.1 Å². The van der Waals surface area contributed by atoms with E-state index in [2.05, 4.69) is 5.32 Å². The zero-order chi connectivity index (χ0) is 21.3. The maximum atomic E-state index is 11.9. The van der Waals surface area contributed by atoms with Gasteiger partial charge in [0.1, 0.15) is 5.75 Å². The van der Waals surface area contributed by atoms with Gasteiger partial charge in [0.2, 0.25) is 0 Å². The van der Waals surface area contributed by atoms with Gasteiger partial charge in [-0.1, -0.05) is 55.5 Å². The number of carbonyl (C=O) groups is 2. The highest BCUT2D eigenvalue weighted by molar-refractivity contribution is 5.91. The minimum Gasteiger partial charge on any atom is -0.497 e. The van der Waals surface area contributed by atoms with Gasteiger partial charge < -0.3 is 14.8 Å². The van der Waals surface area contributed by atoms with Crippen molar-refractivity contribution < 1.29 is 19.1 Å². The predicted octanol–water partition coefficient (Wildman–Crippen LogP) is 4.32. The van der Waals surface area contributed by atoms with Gasteiger partial charge >= 0.3 is 5.97 Å². The molecule has 0 aromatic heterocycles. The lowest BCUT2D eigenvalue weighted by Crippen LogP contribution is -2.31. The normalized spacial score (nSPS) is 11.9. The molecule has 0 heterocycles. The second-order valence-electron chi connectivity index (χ2n) is 7.03. The number of esters is 1. The zero-order valence-corrected chi connectivity index (χ0v) is 17.1. The number of amides is 1. The van der Waals surface area contributed by atoms with Crippen LogP contribution in [0.2, 0.25) is 0 Å². The number of carbonyl (C=O) groups excluding carboxylic acids is 2. The third kappa shape index (κ3) is 5.95. The van der Waals surface area contributed by atoms with E-state index in [0.717, 1.165) is 27.6 Å². The molecule has 3 aromatic carbocycles. The van der Waals surface area contributed by atoms with Crippen molar-refractivity contribution in [3.05, 3.63) is 83.9 Å². The Labute approximate surface area is 176 Å². The number of rotatable bonds is 8. The highest BCUT2D eigenvalue weighted by atomic mass is 16.5. The van der Waals surface area contributed by atoms with Crippen LogP contribution in [-0.4, -0.2) is 32.1 Å². The van der Waals surface area contributed by atoms with Crippen LogP contribution in [-0.2, 0) is 14.3 Å². The number of benzene rings is 3. The van der Waals surface area contributed by atoms with Crippen molar-refractivity contribution in [2.75, 3.05) is 20.3 Å². The molecular formula is C25H25NO4. The summed E-state index contributed by atoms with van der Waals surface area (Å²) >= 11 is 0. The van der Waals surface area contributed by atoms with Gasteiger partial charge in [0, 0.05) is 12.6 Å². The maximum absolute atomic E-state index is 11.9. The molecule has 154 valence electrons. The number of hydrogen-bond acceptors (Lipinski definition) is 4. The molecule has 30 heavy (non-hydrogen) atoms. The van der Waals surface area contributed by atoms with E-state index in [9.17, 15) is 9.59 Å². The highest BCUT2D eigenvalue weighted by Crippen LogP contribution is 2.22. The summed E-state index contributed by atoms with van der Waals surface area (Å²) in [4.78, 5) is 23.9. The fraction of sp³-hybridized carbons (Fsp3) is 0.200. The summed E-state index contributed by atoms with van der Waals surface area (Å²) in [5, 5.41) is 4.88. The maximum Gasteiger partial charge on any atom is 0.331 e. The van der Waals surface area contributed by atoms with Crippen molar-refractivity contribution in [1.29, 1.82) is 0 Å². The minimum atomic E-state index is -0.559. The van der Waals surface area contributed by atoms with Gasteiger partial charge in [0.05, 0.1) is 7.11 Å². The Morgan fingerprint density at radius 2 is 1.73 bits per heavy atom. The largest absolute Gasteiger partial charge is 0.497 e. The summed E-state index contributed by atoms with van der Waals surface area (Å²) in [7, 11) is 1.63. The number of ether oxygens (including phenoxy) is 2. The fourth-order valence-corrected chi connectivity index (χ4v) is 3.04. The fourth-order valence-electron chi connectivity index (χ4n) is 3.04. The second kappa shape index (κ2) is 10.3. The van der Waals surface area contributed by atoms with Crippen LogP contribution in [0.3, 0.4) is 0 Å². The average Bonchev–Trinajstić information content (AvgIpc) is 2.79. The quantitative estimate of drug-likeness (QED) is 0.449. The second-order valence-corrected chi connectivity index (χ2v) is 7.03. The molecule has 0 aliphatic heterocycles. The third-order valence-electron chi connectivity index (χ3n) is 4.80. The lowest BCUT2D eigenvalue weighted by molar-refractivity contribution is -0.143. The predicted molar refractivity (Wildman–Crippen MR) is 118 cm³/mol. The molecule has 1 amide bonds. The topological polar surface area (TPSA) is 64.6 Å². The first-order chi connectivity index (χ1) is 14.5. The van der Waals surface area contributed by atoms with Crippen LogP contribution in [0.4, 0.5) is 0 Å². The van der Waals surface area contributed by atoms with Crippen LogP contribution in [0, 0.1) is 0 Å². The molecule has 0 bridgehead atoms. The number of fused-ring (bicyclic) bond motifs is 1. The van der Waals surface area contributed by atoms with Crippen molar-refractivity contribution >= 4 is 28.7 Å². The molecule has 1 atom stereocenters. The van der Waals surface area contributed by atoms with Gasteiger partial charge in [-0.05, 0) is 52.1 Å². The van der Waals surface area contributed by atoms with E-state index in [0.29, 0.717) is 6.54 Å². The Morgan fingerprint density at radius 1 is 1.00 bits per heavy atom. The molecule has 0 fully saturated rings. The van der Waals surface area contributed by atoms with Crippen LogP contribution >= 0.6 is 0 Å². The first-order valence-electron chi connectivity index (χ1n) is 9.79. The Balaban J connectivity index is 1.46. The van der Waals surface area contributed by atoms with Gasteiger partial charge in [-0.25, -0.2) is 4.79 Å². The lowest BCUT2D eigenvalue weighted by Gasteiger charge is -2.12. The molecule has 1 N–H and O–H groups in total. The first kappa shape index (κ1) is 21.1.